The van der Waals surface area contributed by atoms with Crippen LogP contribution in [0.15, 0.2) is 30.3 Å². The highest BCUT2D eigenvalue weighted by Gasteiger charge is 2.37. The quantitative estimate of drug-likeness (QED) is 0.791. The van der Waals surface area contributed by atoms with Crippen LogP contribution < -0.4 is 18.9 Å². The molecule has 0 bridgehead atoms. The van der Waals surface area contributed by atoms with E-state index in [4.69, 9.17) is 18.9 Å². The van der Waals surface area contributed by atoms with Crippen LogP contribution in [0.4, 0.5) is 0 Å². The van der Waals surface area contributed by atoms with E-state index in [2.05, 4.69) is 32.0 Å². The third-order valence-corrected chi connectivity index (χ3v) is 5.70. The Morgan fingerprint density at radius 3 is 2.50 bits per heavy atom. The third kappa shape index (κ3) is 1.92. The summed E-state index contributed by atoms with van der Waals surface area (Å²) in [5, 5.41) is 0. The normalized spacial score (nSPS) is 26.3. The Balaban J connectivity index is 1.69. The van der Waals surface area contributed by atoms with Crippen molar-refractivity contribution in [1.82, 2.24) is 0 Å². The second-order valence-corrected chi connectivity index (χ2v) is 7.00. The van der Waals surface area contributed by atoms with E-state index in [9.17, 15) is 0 Å². The van der Waals surface area contributed by atoms with Crippen molar-refractivity contribution >= 4 is 0 Å². The average Bonchev–Trinajstić information content (AvgIpc) is 3.23. The first kappa shape index (κ1) is 14.0. The lowest BCUT2D eigenvalue weighted by molar-refractivity contribution is 0.171. The molecule has 24 heavy (non-hydrogen) atoms. The minimum atomic E-state index is 0.273. The van der Waals surface area contributed by atoms with Crippen LogP contribution in [0.3, 0.4) is 0 Å². The van der Waals surface area contributed by atoms with Crippen LogP contribution in [0, 0.1) is 11.8 Å². The maximum atomic E-state index is 5.85. The molecule has 3 atom stereocenters. The Hall–Kier alpha value is -2.36. The molecule has 1 aliphatic carbocycles. The van der Waals surface area contributed by atoms with E-state index in [1.807, 2.05) is 12.1 Å². The Morgan fingerprint density at radius 1 is 0.833 bits per heavy atom. The highest BCUT2D eigenvalue weighted by Crippen LogP contribution is 2.52. The highest BCUT2D eigenvalue weighted by atomic mass is 16.7. The molecule has 2 aromatic rings. The molecule has 2 heterocycles. The van der Waals surface area contributed by atoms with Crippen LogP contribution in [0.2, 0.25) is 0 Å². The van der Waals surface area contributed by atoms with Crippen LogP contribution in [-0.2, 0) is 6.42 Å². The first-order chi connectivity index (χ1) is 11.7. The van der Waals surface area contributed by atoms with Gasteiger partial charge in [-0.1, -0.05) is 26.0 Å². The number of hydrogen-bond acceptors (Lipinski definition) is 4. The Kier molecular flexibility index (Phi) is 2.96. The Morgan fingerprint density at radius 2 is 1.58 bits per heavy atom. The fraction of sp³-hybridized carbons (Fsp3) is 0.400. The van der Waals surface area contributed by atoms with Crippen molar-refractivity contribution in [2.24, 2.45) is 11.8 Å². The predicted molar refractivity (Wildman–Crippen MR) is 89.0 cm³/mol. The van der Waals surface area contributed by atoms with Gasteiger partial charge in [-0.3, -0.25) is 0 Å². The van der Waals surface area contributed by atoms with Gasteiger partial charge in [0.15, 0.2) is 23.0 Å². The smallest absolute Gasteiger partial charge is 0.231 e. The van der Waals surface area contributed by atoms with Gasteiger partial charge in [0.05, 0.1) is 0 Å². The summed E-state index contributed by atoms with van der Waals surface area (Å²) in [4.78, 5) is 0. The van der Waals surface area contributed by atoms with Gasteiger partial charge in [-0.2, -0.15) is 0 Å². The first-order valence-corrected chi connectivity index (χ1v) is 8.53. The van der Waals surface area contributed by atoms with Crippen LogP contribution >= 0.6 is 0 Å². The lowest BCUT2D eigenvalue weighted by Crippen LogP contribution is -2.27. The monoisotopic (exact) mass is 324 g/mol. The van der Waals surface area contributed by atoms with Crippen molar-refractivity contribution in [3.05, 3.63) is 47.0 Å². The second-order valence-electron chi connectivity index (χ2n) is 7.00. The molecule has 0 amide bonds. The number of ether oxygens (including phenoxy) is 4. The zero-order valence-corrected chi connectivity index (χ0v) is 13.9. The maximum absolute atomic E-state index is 5.85. The maximum Gasteiger partial charge on any atom is 0.231 e. The minimum Gasteiger partial charge on any atom is -0.454 e. The largest absolute Gasteiger partial charge is 0.454 e. The summed E-state index contributed by atoms with van der Waals surface area (Å²) in [5.41, 5.74) is 3.91. The van der Waals surface area contributed by atoms with Gasteiger partial charge in [0.1, 0.15) is 0 Å². The van der Waals surface area contributed by atoms with Crippen molar-refractivity contribution in [2.45, 2.75) is 26.2 Å². The second kappa shape index (κ2) is 5.07. The molecular weight excluding hydrogens is 304 g/mol. The van der Waals surface area contributed by atoms with Gasteiger partial charge in [0.25, 0.3) is 0 Å². The summed E-state index contributed by atoms with van der Waals surface area (Å²) >= 11 is 0. The molecular formula is C20H20O4. The fourth-order valence-corrected chi connectivity index (χ4v) is 4.25. The molecule has 0 unspecified atom stereocenters. The van der Waals surface area contributed by atoms with Crippen molar-refractivity contribution in [3.63, 3.8) is 0 Å². The molecule has 2 aliphatic heterocycles. The van der Waals surface area contributed by atoms with E-state index in [0.29, 0.717) is 25.4 Å². The fourth-order valence-electron chi connectivity index (χ4n) is 4.25. The van der Waals surface area contributed by atoms with E-state index in [-0.39, 0.29) is 5.92 Å². The van der Waals surface area contributed by atoms with Gasteiger partial charge >= 0.3 is 0 Å². The standard InChI is InChI=1S/C20H20O4/c1-11-7-13-4-6-16-20(24-10-22-16)19(13)18(12(11)2)14-3-5-15-17(8-14)23-9-21-15/h3-6,8,11-12,18H,7,9-10H2,1-2H3/t11-,12+,18-/m0/s1. The Labute approximate surface area is 141 Å². The van der Waals surface area contributed by atoms with Crippen LogP contribution in [0.1, 0.15) is 36.5 Å². The third-order valence-electron chi connectivity index (χ3n) is 5.70. The molecule has 0 aromatic heterocycles. The zero-order valence-electron chi connectivity index (χ0n) is 13.9. The number of hydrogen-bond donors (Lipinski definition) is 0. The van der Waals surface area contributed by atoms with E-state index < -0.39 is 0 Å². The topological polar surface area (TPSA) is 36.9 Å². The van der Waals surface area contributed by atoms with E-state index in [0.717, 1.165) is 29.4 Å². The average molecular weight is 324 g/mol. The van der Waals surface area contributed by atoms with Crippen molar-refractivity contribution in [3.8, 4) is 23.0 Å². The molecule has 0 spiro atoms. The summed E-state index contributed by atoms with van der Waals surface area (Å²) in [5.74, 6) is 4.84. The minimum absolute atomic E-state index is 0.273. The lowest BCUT2D eigenvalue weighted by atomic mass is 9.67. The molecule has 0 radical (unpaired) electrons. The highest BCUT2D eigenvalue weighted by molar-refractivity contribution is 5.58. The number of rotatable bonds is 1. The SMILES string of the molecule is C[C@H]1[C@@H](c2ccc3c(c2)OCO3)c2c(ccc3c2OCO3)C[C@@H]1C. The van der Waals surface area contributed by atoms with Crippen LogP contribution in [0.5, 0.6) is 23.0 Å². The summed E-state index contributed by atoms with van der Waals surface area (Å²) < 4.78 is 22.5. The first-order valence-electron chi connectivity index (χ1n) is 8.53. The molecule has 0 saturated carbocycles. The lowest BCUT2D eigenvalue weighted by Gasteiger charge is -2.37. The summed E-state index contributed by atoms with van der Waals surface area (Å²) in [7, 11) is 0. The molecule has 0 fully saturated rings. The van der Waals surface area contributed by atoms with E-state index in [1.54, 1.807) is 0 Å². The van der Waals surface area contributed by atoms with E-state index >= 15 is 0 Å². The summed E-state index contributed by atoms with van der Waals surface area (Å²) in [6.45, 7) is 5.28. The van der Waals surface area contributed by atoms with E-state index in [1.165, 1.54) is 16.7 Å². The molecule has 5 rings (SSSR count). The van der Waals surface area contributed by atoms with Crippen LogP contribution in [0.25, 0.3) is 0 Å². The molecule has 4 nitrogen and oxygen atoms in total. The van der Waals surface area contributed by atoms with Crippen molar-refractivity contribution < 1.29 is 18.9 Å². The van der Waals surface area contributed by atoms with Gasteiger partial charge in [0.2, 0.25) is 13.6 Å². The molecule has 0 saturated heterocycles. The van der Waals surface area contributed by atoms with Gasteiger partial charge in [-0.15, -0.1) is 0 Å². The molecule has 0 N–H and O–H groups in total. The van der Waals surface area contributed by atoms with Gasteiger partial charge in [0, 0.05) is 11.5 Å². The van der Waals surface area contributed by atoms with Crippen molar-refractivity contribution in [1.29, 1.82) is 0 Å². The van der Waals surface area contributed by atoms with Crippen LogP contribution in [-0.4, -0.2) is 13.6 Å². The molecule has 4 heteroatoms. The molecule has 3 aliphatic rings. The number of fused-ring (bicyclic) bond motifs is 4. The van der Waals surface area contributed by atoms with Gasteiger partial charge < -0.3 is 18.9 Å². The molecule has 124 valence electrons. The zero-order chi connectivity index (χ0) is 16.3. The van der Waals surface area contributed by atoms with Crippen molar-refractivity contribution in [2.75, 3.05) is 13.6 Å². The summed E-state index contributed by atoms with van der Waals surface area (Å²) in [6.07, 6.45) is 1.08. The van der Waals surface area contributed by atoms with Gasteiger partial charge in [-0.05, 0) is 47.6 Å². The number of benzene rings is 2. The summed E-state index contributed by atoms with van der Waals surface area (Å²) in [6, 6.07) is 10.5. The van der Waals surface area contributed by atoms with Gasteiger partial charge in [-0.25, -0.2) is 0 Å². The molecule has 2 aromatic carbocycles. The Bertz CT molecular complexity index is 814. The predicted octanol–water partition coefficient (Wildman–Crippen LogP) is 4.10.